The number of nitrogens with one attached hydrogen (secondary N) is 1. The zero-order valence-corrected chi connectivity index (χ0v) is 13.4. The van der Waals surface area contributed by atoms with Gasteiger partial charge < -0.3 is 10.4 Å². The van der Waals surface area contributed by atoms with E-state index in [0.717, 1.165) is 5.56 Å². The Bertz CT molecular complexity index is 692. The van der Waals surface area contributed by atoms with Crippen LogP contribution in [-0.2, 0) is 11.2 Å². The average Bonchev–Trinajstić information content (AvgIpc) is 2.53. The number of aromatic carboxylic acids is 1. The molecule has 0 heterocycles. The molecule has 0 radical (unpaired) electrons. The first-order valence-electron chi connectivity index (χ1n) is 7.64. The minimum atomic E-state index is -0.964. The van der Waals surface area contributed by atoms with Gasteiger partial charge in [0.15, 0.2) is 0 Å². The highest BCUT2D eigenvalue weighted by Crippen LogP contribution is 2.14. The van der Waals surface area contributed by atoms with E-state index in [1.54, 1.807) is 24.3 Å². The van der Waals surface area contributed by atoms with E-state index in [1.807, 2.05) is 38.1 Å². The maximum Gasteiger partial charge on any atom is 0.335 e. The van der Waals surface area contributed by atoms with Gasteiger partial charge in [-0.25, -0.2) is 4.79 Å². The lowest BCUT2D eigenvalue weighted by molar-refractivity contribution is -0.121. The van der Waals surface area contributed by atoms with Crippen LogP contribution in [0.25, 0.3) is 0 Å². The van der Waals surface area contributed by atoms with Crippen molar-refractivity contribution in [2.45, 2.75) is 32.7 Å². The van der Waals surface area contributed by atoms with Crippen LogP contribution in [0.4, 0.5) is 0 Å². The number of benzene rings is 2. The maximum atomic E-state index is 12.1. The van der Waals surface area contributed by atoms with E-state index in [4.69, 9.17) is 5.11 Å². The van der Waals surface area contributed by atoms with Crippen molar-refractivity contribution in [2.75, 3.05) is 0 Å². The van der Waals surface area contributed by atoms with Gasteiger partial charge in [-0.05, 0) is 37.5 Å². The van der Waals surface area contributed by atoms with Crippen molar-refractivity contribution in [3.05, 3.63) is 70.8 Å². The van der Waals surface area contributed by atoms with Crippen LogP contribution in [0, 0.1) is 6.92 Å². The summed E-state index contributed by atoms with van der Waals surface area (Å²) >= 11 is 0. The summed E-state index contributed by atoms with van der Waals surface area (Å²) < 4.78 is 0. The average molecular weight is 311 g/mol. The molecule has 1 amide bonds. The Labute approximate surface area is 136 Å². The second-order valence-corrected chi connectivity index (χ2v) is 5.66. The number of carboxylic acids is 1. The molecular formula is C19H21NO3. The van der Waals surface area contributed by atoms with E-state index in [0.29, 0.717) is 12.0 Å². The molecule has 2 N–H and O–H groups in total. The standard InChI is InChI=1S/C19H21NO3/c1-13-7-9-15(10-8-13)14(2)20-18(21)12-11-16-5-3-4-6-17(16)19(22)23/h3-10,14H,11-12H2,1-2H3,(H,20,21)(H,22,23). The van der Waals surface area contributed by atoms with Crippen LogP contribution in [0.2, 0.25) is 0 Å². The molecule has 2 rings (SSSR count). The van der Waals surface area contributed by atoms with Gasteiger partial charge in [0, 0.05) is 6.42 Å². The van der Waals surface area contributed by atoms with E-state index in [-0.39, 0.29) is 23.9 Å². The predicted molar refractivity (Wildman–Crippen MR) is 89.5 cm³/mol. The summed E-state index contributed by atoms with van der Waals surface area (Å²) in [6.07, 6.45) is 0.676. The first-order chi connectivity index (χ1) is 11.0. The molecule has 23 heavy (non-hydrogen) atoms. The number of carbonyl (C=O) groups is 2. The van der Waals surface area contributed by atoms with Gasteiger partial charge in [0.25, 0.3) is 0 Å². The largest absolute Gasteiger partial charge is 0.478 e. The topological polar surface area (TPSA) is 66.4 Å². The molecule has 0 fully saturated rings. The van der Waals surface area contributed by atoms with Crippen molar-refractivity contribution in [1.82, 2.24) is 5.32 Å². The number of amides is 1. The number of rotatable bonds is 6. The lowest BCUT2D eigenvalue weighted by Crippen LogP contribution is -2.27. The van der Waals surface area contributed by atoms with Crippen LogP contribution >= 0.6 is 0 Å². The summed E-state index contributed by atoms with van der Waals surface area (Å²) in [7, 11) is 0. The summed E-state index contributed by atoms with van der Waals surface area (Å²) in [5.74, 6) is -1.05. The summed E-state index contributed by atoms with van der Waals surface area (Å²) in [5.41, 5.74) is 3.16. The van der Waals surface area contributed by atoms with Crippen molar-refractivity contribution in [1.29, 1.82) is 0 Å². The molecular weight excluding hydrogens is 290 g/mol. The van der Waals surface area contributed by atoms with Crippen molar-refractivity contribution < 1.29 is 14.7 Å². The molecule has 0 bridgehead atoms. The molecule has 0 spiro atoms. The zero-order chi connectivity index (χ0) is 16.8. The fraction of sp³-hybridized carbons (Fsp3) is 0.263. The predicted octanol–water partition coefficient (Wildman–Crippen LogP) is 3.50. The van der Waals surface area contributed by atoms with Gasteiger partial charge in [0.1, 0.15) is 0 Å². The molecule has 0 saturated heterocycles. The van der Waals surface area contributed by atoms with Gasteiger partial charge >= 0.3 is 5.97 Å². The van der Waals surface area contributed by atoms with Gasteiger partial charge in [-0.2, -0.15) is 0 Å². The Morgan fingerprint density at radius 1 is 1.09 bits per heavy atom. The van der Waals surface area contributed by atoms with Crippen molar-refractivity contribution in [3.63, 3.8) is 0 Å². The summed E-state index contributed by atoms with van der Waals surface area (Å²) in [5, 5.41) is 12.1. The summed E-state index contributed by atoms with van der Waals surface area (Å²) in [6.45, 7) is 3.96. The minimum absolute atomic E-state index is 0.0715. The van der Waals surface area contributed by atoms with Gasteiger partial charge in [0.2, 0.25) is 5.91 Å². The lowest BCUT2D eigenvalue weighted by Gasteiger charge is -2.15. The molecule has 0 saturated carbocycles. The molecule has 0 aromatic heterocycles. The number of carboxylic acid groups (broad SMARTS) is 1. The molecule has 4 nitrogen and oxygen atoms in total. The zero-order valence-electron chi connectivity index (χ0n) is 13.4. The van der Waals surface area contributed by atoms with Crippen molar-refractivity contribution in [2.24, 2.45) is 0 Å². The van der Waals surface area contributed by atoms with Crippen LogP contribution in [0.1, 0.15) is 46.4 Å². The van der Waals surface area contributed by atoms with Crippen LogP contribution in [0.15, 0.2) is 48.5 Å². The molecule has 2 aromatic rings. The maximum absolute atomic E-state index is 12.1. The normalized spacial score (nSPS) is 11.7. The van der Waals surface area contributed by atoms with Gasteiger partial charge in [0.05, 0.1) is 11.6 Å². The minimum Gasteiger partial charge on any atom is -0.478 e. The second-order valence-electron chi connectivity index (χ2n) is 5.66. The summed E-state index contributed by atoms with van der Waals surface area (Å²) in [6, 6.07) is 14.7. The van der Waals surface area contributed by atoms with Gasteiger partial charge in [-0.3, -0.25) is 4.79 Å². The molecule has 120 valence electrons. The molecule has 1 unspecified atom stereocenters. The van der Waals surface area contributed by atoms with Gasteiger partial charge in [-0.1, -0.05) is 48.0 Å². The Kier molecular flexibility index (Phi) is 5.52. The first kappa shape index (κ1) is 16.7. The van der Waals surface area contributed by atoms with Crippen LogP contribution in [0.5, 0.6) is 0 Å². The van der Waals surface area contributed by atoms with E-state index >= 15 is 0 Å². The third-order valence-corrected chi connectivity index (χ3v) is 3.82. The molecule has 1 atom stereocenters. The third-order valence-electron chi connectivity index (χ3n) is 3.82. The monoisotopic (exact) mass is 311 g/mol. The van der Waals surface area contributed by atoms with Crippen LogP contribution in [0.3, 0.4) is 0 Å². The number of hydrogen-bond donors (Lipinski definition) is 2. The van der Waals surface area contributed by atoms with E-state index < -0.39 is 5.97 Å². The van der Waals surface area contributed by atoms with Crippen LogP contribution < -0.4 is 5.32 Å². The fourth-order valence-electron chi connectivity index (χ4n) is 2.45. The molecule has 0 aliphatic carbocycles. The van der Waals surface area contributed by atoms with E-state index in [9.17, 15) is 9.59 Å². The van der Waals surface area contributed by atoms with Crippen molar-refractivity contribution >= 4 is 11.9 Å². The first-order valence-corrected chi connectivity index (χ1v) is 7.64. The van der Waals surface area contributed by atoms with E-state index in [2.05, 4.69) is 5.32 Å². The van der Waals surface area contributed by atoms with E-state index in [1.165, 1.54) is 5.56 Å². The second kappa shape index (κ2) is 7.58. The molecule has 4 heteroatoms. The highest BCUT2D eigenvalue weighted by molar-refractivity contribution is 5.89. The Balaban J connectivity index is 1.93. The Morgan fingerprint density at radius 3 is 2.39 bits per heavy atom. The fourth-order valence-corrected chi connectivity index (χ4v) is 2.45. The highest BCUT2D eigenvalue weighted by atomic mass is 16.4. The quantitative estimate of drug-likeness (QED) is 0.858. The van der Waals surface area contributed by atoms with Gasteiger partial charge in [-0.15, -0.1) is 0 Å². The molecule has 0 aliphatic heterocycles. The highest BCUT2D eigenvalue weighted by Gasteiger charge is 2.12. The molecule has 0 aliphatic rings. The smallest absolute Gasteiger partial charge is 0.335 e. The number of carbonyl (C=O) groups excluding carboxylic acids is 1. The molecule has 2 aromatic carbocycles. The number of hydrogen-bond acceptors (Lipinski definition) is 2. The summed E-state index contributed by atoms with van der Waals surface area (Å²) in [4.78, 5) is 23.2. The Morgan fingerprint density at radius 2 is 1.74 bits per heavy atom. The SMILES string of the molecule is Cc1ccc(C(C)NC(=O)CCc2ccccc2C(=O)O)cc1. The lowest BCUT2D eigenvalue weighted by atomic mass is 10.0. The number of aryl methyl sites for hydroxylation is 2. The van der Waals surface area contributed by atoms with Crippen LogP contribution in [-0.4, -0.2) is 17.0 Å². The van der Waals surface area contributed by atoms with Crippen molar-refractivity contribution in [3.8, 4) is 0 Å². The third kappa shape index (κ3) is 4.68. The Hall–Kier alpha value is -2.62.